The fourth-order valence-electron chi connectivity index (χ4n) is 3.64. The van der Waals surface area contributed by atoms with Gasteiger partial charge in [0, 0.05) is 32.4 Å². The summed E-state index contributed by atoms with van der Waals surface area (Å²) in [6.45, 7) is 1.37. The van der Waals surface area contributed by atoms with Crippen LogP contribution in [-0.2, 0) is 24.3 Å². The molecule has 1 aromatic carbocycles. The van der Waals surface area contributed by atoms with Gasteiger partial charge in [0.05, 0.1) is 6.54 Å². The standard InChI is InChI=1S/C20H24N6O/c1-24(15-18-23-22-17-11-6-3-7-13-25(17)18)20(27)19(26-14-8-12-21-26)16-9-4-2-5-10-16/h2,4-5,8-10,12,14,19H,3,6-7,11,13,15H2,1H3. The monoisotopic (exact) mass is 364 g/mol. The molecule has 0 aliphatic carbocycles. The first-order chi connectivity index (χ1) is 13.2. The van der Waals surface area contributed by atoms with Crippen LogP contribution in [0, 0.1) is 0 Å². The first-order valence-corrected chi connectivity index (χ1v) is 9.44. The molecule has 3 heterocycles. The maximum Gasteiger partial charge on any atom is 0.252 e. The van der Waals surface area contributed by atoms with Crippen molar-refractivity contribution in [2.24, 2.45) is 0 Å². The molecule has 4 rings (SSSR count). The number of aryl methyl sites for hydroxylation is 1. The summed E-state index contributed by atoms with van der Waals surface area (Å²) in [4.78, 5) is 15.0. The molecule has 140 valence electrons. The second-order valence-corrected chi connectivity index (χ2v) is 6.99. The topological polar surface area (TPSA) is 68.8 Å². The van der Waals surface area contributed by atoms with Gasteiger partial charge in [-0.05, 0) is 24.5 Å². The number of aromatic nitrogens is 5. The smallest absolute Gasteiger partial charge is 0.252 e. The number of rotatable bonds is 5. The van der Waals surface area contributed by atoms with Crippen LogP contribution in [0.2, 0.25) is 0 Å². The van der Waals surface area contributed by atoms with E-state index in [1.54, 1.807) is 15.8 Å². The molecule has 0 saturated carbocycles. The van der Waals surface area contributed by atoms with Gasteiger partial charge in [0.25, 0.3) is 5.91 Å². The maximum atomic E-state index is 13.3. The zero-order chi connectivity index (χ0) is 18.6. The van der Waals surface area contributed by atoms with Gasteiger partial charge >= 0.3 is 0 Å². The summed E-state index contributed by atoms with van der Waals surface area (Å²) >= 11 is 0. The van der Waals surface area contributed by atoms with E-state index in [0.717, 1.165) is 43.0 Å². The summed E-state index contributed by atoms with van der Waals surface area (Å²) in [5.74, 6) is 1.88. The Balaban J connectivity index is 1.58. The van der Waals surface area contributed by atoms with Crippen molar-refractivity contribution in [3.05, 3.63) is 66.0 Å². The SMILES string of the molecule is CN(Cc1nnc2n1CCCCC2)C(=O)C(c1ccccc1)n1cccn1. The summed E-state index contributed by atoms with van der Waals surface area (Å²) in [7, 11) is 1.82. The van der Waals surface area contributed by atoms with Gasteiger partial charge in [0.15, 0.2) is 11.9 Å². The van der Waals surface area contributed by atoms with Gasteiger partial charge < -0.3 is 9.47 Å². The lowest BCUT2D eigenvalue weighted by Crippen LogP contribution is -2.35. The summed E-state index contributed by atoms with van der Waals surface area (Å²) < 4.78 is 3.89. The zero-order valence-electron chi connectivity index (χ0n) is 15.5. The summed E-state index contributed by atoms with van der Waals surface area (Å²) in [6.07, 6.45) is 7.99. The van der Waals surface area contributed by atoms with Crippen LogP contribution in [0.1, 0.15) is 42.5 Å². The minimum atomic E-state index is -0.488. The minimum Gasteiger partial charge on any atom is -0.336 e. The Hall–Kier alpha value is -2.96. The third-order valence-electron chi connectivity index (χ3n) is 5.08. The van der Waals surface area contributed by atoms with Crippen molar-refractivity contribution < 1.29 is 4.79 Å². The number of fused-ring (bicyclic) bond motifs is 1. The van der Waals surface area contributed by atoms with Crippen molar-refractivity contribution >= 4 is 5.91 Å². The predicted octanol–water partition coefficient (Wildman–Crippen LogP) is 2.45. The van der Waals surface area contributed by atoms with Gasteiger partial charge in [-0.3, -0.25) is 9.48 Å². The molecule has 0 bridgehead atoms. The maximum absolute atomic E-state index is 13.3. The molecule has 0 radical (unpaired) electrons. The molecule has 1 aliphatic rings. The molecule has 7 heteroatoms. The lowest BCUT2D eigenvalue weighted by Gasteiger charge is -2.24. The van der Waals surface area contributed by atoms with Gasteiger partial charge in [-0.15, -0.1) is 10.2 Å². The lowest BCUT2D eigenvalue weighted by atomic mass is 10.1. The highest BCUT2D eigenvalue weighted by molar-refractivity contribution is 5.83. The van der Waals surface area contributed by atoms with Crippen molar-refractivity contribution in [1.82, 2.24) is 29.4 Å². The first-order valence-electron chi connectivity index (χ1n) is 9.44. The Kier molecular flexibility index (Phi) is 5.00. The largest absolute Gasteiger partial charge is 0.336 e. The highest BCUT2D eigenvalue weighted by atomic mass is 16.2. The van der Waals surface area contributed by atoms with Gasteiger partial charge in [0.1, 0.15) is 5.82 Å². The number of carbonyl (C=O) groups is 1. The number of amides is 1. The van der Waals surface area contributed by atoms with E-state index in [1.807, 2.05) is 49.6 Å². The van der Waals surface area contributed by atoms with E-state index < -0.39 is 6.04 Å². The van der Waals surface area contributed by atoms with Crippen molar-refractivity contribution in [2.75, 3.05) is 7.05 Å². The number of hydrogen-bond acceptors (Lipinski definition) is 4. The Morgan fingerprint density at radius 2 is 2.00 bits per heavy atom. The first kappa shape index (κ1) is 17.5. The third-order valence-corrected chi connectivity index (χ3v) is 5.08. The van der Waals surface area contributed by atoms with Crippen molar-refractivity contribution in [1.29, 1.82) is 0 Å². The Morgan fingerprint density at radius 3 is 2.78 bits per heavy atom. The van der Waals surface area contributed by atoms with Crippen LogP contribution in [0.15, 0.2) is 48.8 Å². The lowest BCUT2D eigenvalue weighted by molar-refractivity contribution is -0.133. The van der Waals surface area contributed by atoms with Crippen LogP contribution < -0.4 is 0 Å². The zero-order valence-corrected chi connectivity index (χ0v) is 15.5. The molecule has 2 aromatic heterocycles. The normalized spacial score (nSPS) is 15.0. The number of nitrogens with zero attached hydrogens (tertiary/aromatic N) is 6. The third kappa shape index (κ3) is 3.63. The molecule has 0 N–H and O–H groups in total. The van der Waals surface area contributed by atoms with Crippen LogP contribution in [0.3, 0.4) is 0 Å². The van der Waals surface area contributed by atoms with E-state index in [0.29, 0.717) is 6.54 Å². The summed E-state index contributed by atoms with van der Waals surface area (Å²) in [5.41, 5.74) is 0.915. The number of carbonyl (C=O) groups excluding carboxylic acids is 1. The molecular weight excluding hydrogens is 340 g/mol. The fourth-order valence-corrected chi connectivity index (χ4v) is 3.64. The molecule has 0 spiro atoms. The molecule has 1 aliphatic heterocycles. The summed E-state index contributed by atoms with van der Waals surface area (Å²) in [6, 6.07) is 11.1. The molecule has 0 saturated heterocycles. The molecule has 3 aromatic rings. The van der Waals surface area contributed by atoms with Crippen LogP contribution >= 0.6 is 0 Å². The van der Waals surface area contributed by atoms with Crippen molar-refractivity contribution in [3.8, 4) is 0 Å². The molecule has 0 fully saturated rings. The minimum absolute atomic E-state index is 0.0177. The highest BCUT2D eigenvalue weighted by Crippen LogP contribution is 2.21. The van der Waals surface area contributed by atoms with E-state index in [-0.39, 0.29) is 5.91 Å². The predicted molar refractivity (Wildman–Crippen MR) is 101 cm³/mol. The van der Waals surface area contributed by atoms with Crippen molar-refractivity contribution in [2.45, 2.75) is 44.8 Å². The number of hydrogen-bond donors (Lipinski definition) is 0. The Labute approximate surface area is 158 Å². The van der Waals surface area contributed by atoms with Gasteiger partial charge in [-0.25, -0.2) is 0 Å². The van der Waals surface area contributed by atoms with Gasteiger partial charge in [-0.2, -0.15) is 5.10 Å². The van der Waals surface area contributed by atoms with Crippen LogP contribution in [-0.4, -0.2) is 42.4 Å². The van der Waals surface area contributed by atoms with E-state index in [1.165, 1.54) is 6.42 Å². The molecule has 7 nitrogen and oxygen atoms in total. The van der Waals surface area contributed by atoms with Crippen LogP contribution in [0.4, 0.5) is 0 Å². The van der Waals surface area contributed by atoms with E-state index in [2.05, 4.69) is 19.9 Å². The quantitative estimate of drug-likeness (QED) is 0.697. The van der Waals surface area contributed by atoms with Crippen molar-refractivity contribution in [3.63, 3.8) is 0 Å². The van der Waals surface area contributed by atoms with E-state index >= 15 is 0 Å². The Morgan fingerprint density at radius 1 is 1.15 bits per heavy atom. The molecule has 1 amide bonds. The van der Waals surface area contributed by atoms with Gasteiger partial charge in [0.2, 0.25) is 0 Å². The number of likely N-dealkylation sites (N-methyl/N-ethyl adjacent to an activating group) is 1. The molecule has 27 heavy (non-hydrogen) atoms. The van der Waals surface area contributed by atoms with E-state index in [4.69, 9.17) is 0 Å². The molecule has 1 unspecified atom stereocenters. The molecule has 1 atom stereocenters. The summed E-state index contributed by atoms with van der Waals surface area (Å²) in [5, 5.41) is 13.0. The van der Waals surface area contributed by atoms with E-state index in [9.17, 15) is 4.79 Å². The van der Waals surface area contributed by atoms with Gasteiger partial charge in [-0.1, -0.05) is 36.8 Å². The fraction of sp³-hybridized carbons (Fsp3) is 0.400. The second-order valence-electron chi connectivity index (χ2n) is 6.99. The van der Waals surface area contributed by atoms with Crippen LogP contribution in [0.5, 0.6) is 0 Å². The molecular formula is C20H24N6O. The second kappa shape index (κ2) is 7.73. The number of benzene rings is 1. The Bertz CT molecular complexity index is 887. The van der Waals surface area contributed by atoms with Crippen LogP contribution in [0.25, 0.3) is 0 Å². The average molecular weight is 364 g/mol. The average Bonchev–Trinajstić information content (AvgIpc) is 3.28. The highest BCUT2D eigenvalue weighted by Gasteiger charge is 2.27.